The molecule has 2 amide bonds. The van der Waals surface area contributed by atoms with Gasteiger partial charge in [0.15, 0.2) is 0 Å². The van der Waals surface area contributed by atoms with Gasteiger partial charge in [-0.05, 0) is 19.3 Å². The molecule has 0 aromatic heterocycles. The summed E-state index contributed by atoms with van der Waals surface area (Å²) < 4.78 is 9.95. The maximum Gasteiger partial charge on any atom is 0.306 e. The topological polar surface area (TPSA) is 108 Å². The monoisotopic (exact) mass is 286 g/mol. The summed E-state index contributed by atoms with van der Waals surface area (Å²) in [6.45, 7) is 4.55. The van der Waals surface area contributed by atoms with E-state index in [-0.39, 0.29) is 24.9 Å². The Morgan fingerprint density at radius 3 is 2.65 bits per heavy atom. The summed E-state index contributed by atoms with van der Waals surface area (Å²) in [6, 6.07) is -0.882. The quantitative estimate of drug-likeness (QED) is 0.618. The molecule has 3 N–H and O–H groups in total. The van der Waals surface area contributed by atoms with Crippen molar-refractivity contribution in [2.24, 2.45) is 17.6 Å². The molecule has 1 fully saturated rings. The molecule has 0 bridgehead atoms. The van der Waals surface area contributed by atoms with E-state index in [0.717, 1.165) is 0 Å². The van der Waals surface area contributed by atoms with Crippen LogP contribution in [0, 0.1) is 11.8 Å². The molecule has 0 unspecified atom stereocenters. The van der Waals surface area contributed by atoms with E-state index in [4.69, 9.17) is 15.2 Å². The summed E-state index contributed by atoms with van der Waals surface area (Å²) in [6.07, 6.45) is 0.659. The fourth-order valence-electron chi connectivity index (χ4n) is 2.11. The molecule has 20 heavy (non-hydrogen) atoms. The fourth-order valence-corrected chi connectivity index (χ4v) is 2.11. The smallest absolute Gasteiger partial charge is 0.306 e. The fraction of sp³-hybridized carbons (Fsp3) is 0.769. The highest BCUT2D eigenvalue weighted by atomic mass is 16.5. The second-order valence-electron chi connectivity index (χ2n) is 4.94. The minimum atomic E-state index is -0.882. The second kappa shape index (κ2) is 7.84. The first-order chi connectivity index (χ1) is 9.45. The van der Waals surface area contributed by atoms with E-state index < -0.39 is 23.8 Å². The third-order valence-corrected chi connectivity index (χ3v) is 3.27. The zero-order valence-electron chi connectivity index (χ0n) is 11.9. The third kappa shape index (κ3) is 4.80. The first kappa shape index (κ1) is 16.4. The van der Waals surface area contributed by atoms with Gasteiger partial charge in [0.05, 0.1) is 25.6 Å². The van der Waals surface area contributed by atoms with Crippen molar-refractivity contribution in [3.8, 4) is 0 Å². The molecule has 0 aliphatic carbocycles. The Kier molecular flexibility index (Phi) is 6.44. The Morgan fingerprint density at radius 1 is 1.45 bits per heavy atom. The molecule has 1 aliphatic rings. The lowest BCUT2D eigenvalue weighted by Gasteiger charge is -2.23. The first-order valence-corrected chi connectivity index (χ1v) is 6.78. The predicted octanol–water partition coefficient (Wildman–Crippen LogP) is -0.418. The van der Waals surface area contributed by atoms with Crippen molar-refractivity contribution in [2.45, 2.75) is 32.7 Å². The van der Waals surface area contributed by atoms with Crippen molar-refractivity contribution in [3.63, 3.8) is 0 Å². The zero-order chi connectivity index (χ0) is 15.1. The molecule has 7 nitrogen and oxygen atoms in total. The van der Waals surface area contributed by atoms with Gasteiger partial charge in [0.25, 0.3) is 0 Å². The van der Waals surface area contributed by atoms with Gasteiger partial charge in [-0.3, -0.25) is 14.4 Å². The number of hydrogen-bond donors (Lipinski definition) is 2. The summed E-state index contributed by atoms with van der Waals surface area (Å²) >= 11 is 0. The van der Waals surface area contributed by atoms with Gasteiger partial charge in [-0.25, -0.2) is 0 Å². The highest BCUT2D eigenvalue weighted by Gasteiger charge is 2.31. The lowest BCUT2D eigenvalue weighted by atomic mass is 9.96. The van der Waals surface area contributed by atoms with E-state index in [9.17, 15) is 14.4 Å². The Balaban J connectivity index is 2.56. The maximum absolute atomic E-state index is 12.0. The molecule has 0 aromatic carbocycles. The SMILES string of the molecule is CCOC(=O)C[C@H](C)[C@@H](NC(=O)[C@H]1CCOC1)C(N)=O. The summed E-state index contributed by atoms with van der Waals surface area (Å²) in [5.41, 5.74) is 5.30. The van der Waals surface area contributed by atoms with Gasteiger partial charge in [0.2, 0.25) is 11.8 Å². The van der Waals surface area contributed by atoms with Crippen molar-refractivity contribution < 1.29 is 23.9 Å². The average Bonchev–Trinajstić information content (AvgIpc) is 2.89. The van der Waals surface area contributed by atoms with Crippen LogP contribution in [0.15, 0.2) is 0 Å². The largest absolute Gasteiger partial charge is 0.466 e. The van der Waals surface area contributed by atoms with Gasteiger partial charge < -0.3 is 20.5 Å². The Labute approximate surface area is 118 Å². The molecule has 0 aromatic rings. The average molecular weight is 286 g/mol. The van der Waals surface area contributed by atoms with E-state index in [1.807, 2.05) is 0 Å². The Morgan fingerprint density at radius 2 is 2.15 bits per heavy atom. The van der Waals surface area contributed by atoms with Crippen LogP contribution in [-0.2, 0) is 23.9 Å². The number of amides is 2. The summed E-state index contributed by atoms with van der Waals surface area (Å²) in [5.74, 6) is -2.01. The molecule has 3 atom stereocenters. The Hall–Kier alpha value is -1.63. The molecule has 0 radical (unpaired) electrons. The van der Waals surface area contributed by atoms with Crippen molar-refractivity contribution in [2.75, 3.05) is 19.8 Å². The van der Waals surface area contributed by atoms with Crippen LogP contribution >= 0.6 is 0 Å². The number of ether oxygens (including phenoxy) is 2. The van der Waals surface area contributed by atoms with Crippen LogP contribution in [0.2, 0.25) is 0 Å². The van der Waals surface area contributed by atoms with E-state index in [1.165, 1.54) is 0 Å². The maximum atomic E-state index is 12.0. The predicted molar refractivity (Wildman–Crippen MR) is 70.5 cm³/mol. The van der Waals surface area contributed by atoms with Crippen molar-refractivity contribution >= 4 is 17.8 Å². The Bertz CT molecular complexity index is 366. The molecule has 7 heteroatoms. The normalized spacial score (nSPS) is 21.0. The van der Waals surface area contributed by atoms with Crippen molar-refractivity contribution in [1.29, 1.82) is 0 Å². The number of esters is 1. The van der Waals surface area contributed by atoms with Crippen LogP contribution in [0.4, 0.5) is 0 Å². The highest BCUT2D eigenvalue weighted by molar-refractivity contribution is 5.88. The standard InChI is InChI=1S/C13H22N2O5/c1-3-20-10(16)6-8(2)11(12(14)17)15-13(18)9-4-5-19-7-9/h8-9,11H,3-7H2,1-2H3,(H2,14,17)(H,15,18)/t8-,9-,11+/m0/s1. The van der Waals surface area contributed by atoms with Gasteiger partial charge >= 0.3 is 5.97 Å². The zero-order valence-corrected chi connectivity index (χ0v) is 11.9. The van der Waals surface area contributed by atoms with E-state index >= 15 is 0 Å². The van der Waals surface area contributed by atoms with Gasteiger partial charge in [0.1, 0.15) is 6.04 Å². The lowest BCUT2D eigenvalue weighted by molar-refractivity contribution is -0.145. The molecule has 0 saturated carbocycles. The molecule has 0 spiro atoms. The minimum Gasteiger partial charge on any atom is -0.466 e. The molecule has 114 valence electrons. The number of nitrogens with two attached hydrogens (primary N) is 1. The van der Waals surface area contributed by atoms with Crippen molar-refractivity contribution in [1.82, 2.24) is 5.32 Å². The van der Waals surface area contributed by atoms with Crippen LogP contribution in [-0.4, -0.2) is 43.6 Å². The summed E-state index contributed by atoms with van der Waals surface area (Å²) in [5, 5.41) is 2.60. The van der Waals surface area contributed by atoms with E-state index in [1.54, 1.807) is 13.8 Å². The number of rotatable bonds is 7. The third-order valence-electron chi connectivity index (χ3n) is 3.27. The molecule has 1 aliphatic heterocycles. The molecule has 1 rings (SSSR count). The van der Waals surface area contributed by atoms with Crippen LogP contribution < -0.4 is 11.1 Å². The second-order valence-corrected chi connectivity index (χ2v) is 4.94. The van der Waals surface area contributed by atoms with Gasteiger partial charge in [-0.1, -0.05) is 6.92 Å². The van der Waals surface area contributed by atoms with E-state index in [2.05, 4.69) is 5.32 Å². The number of carbonyl (C=O) groups excluding carboxylic acids is 3. The van der Waals surface area contributed by atoms with Gasteiger partial charge in [0, 0.05) is 6.61 Å². The van der Waals surface area contributed by atoms with Crippen molar-refractivity contribution in [3.05, 3.63) is 0 Å². The number of carbonyl (C=O) groups is 3. The molecular formula is C13H22N2O5. The summed E-state index contributed by atoms with van der Waals surface area (Å²) in [7, 11) is 0. The van der Waals surface area contributed by atoms with E-state index in [0.29, 0.717) is 19.6 Å². The number of hydrogen-bond acceptors (Lipinski definition) is 5. The lowest BCUT2D eigenvalue weighted by Crippen LogP contribution is -2.50. The van der Waals surface area contributed by atoms with Crippen LogP contribution in [0.1, 0.15) is 26.7 Å². The minimum absolute atomic E-state index is 0.0306. The summed E-state index contributed by atoms with van der Waals surface area (Å²) in [4.78, 5) is 34.8. The molecule has 1 saturated heterocycles. The van der Waals surface area contributed by atoms with Gasteiger partial charge in [-0.2, -0.15) is 0 Å². The first-order valence-electron chi connectivity index (χ1n) is 6.78. The van der Waals surface area contributed by atoms with Crippen LogP contribution in [0.5, 0.6) is 0 Å². The number of nitrogens with one attached hydrogen (secondary N) is 1. The molecular weight excluding hydrogens is 264 g/mol. The van der Waals surface area contributed by atoms with Crippen LogP contribution in [0.3, 0.4) is 0 Å². The highest BCUT2D eigenvalue weighted by Crippen LogP contribution is 2.15. The van der Waals surface area contributed by atoms with Gasteiger partial charge in [-0.15, -0.1) is 0 Å². The number of primary amides is 1. The molecule has 1 heterocycles. The van der Waals surface area contributed by atoms with Crippen LogP contribution in [0.25, 0.3) is 0 Å².